The van der Waals surface area contributed by atoms with E-state index < -0.39 is 0 Å². The van der Waals surface area contributed by atoms with E-state index in [2.05, 4.69) is 5.32 Å². The van der Waals surface area contributed by atoms with E-state index in [0.717, 1.165) is 11.1 Å². The van der Waals surface area contributed by atoms with Crippen LogP contribution in [0.1, 0.15) is 10.4 Å². The predicted molar refractivity (Wildman–Crippen MR) is 92.4 cm³/mol. The van der Waals surface area contributed by atoms with Crippen LogP contribution in [0.2, 0.25) is 0 Å². The van der Waals surface area contributed by atoms with Gasteiger partial charge in [-0.1, -0.05) is 36.4 Å². The van der Waals surface area contributed by atoms with E-state index in [0.29, 0.717) is 16.9 Å². The summed E-state index contributed by atoms with van der Waals surface area (Å²) in [7, 11) is 0. The SMILES string of the molecule is Nc1ccc(-c2ccc(C(=O)Nc3ccccc3O)cc2)cc1. The van der Waals surface area contributed by atoms with E-state index in [1.54, 1.807) is 30.3 Å². The number of nitrogens with one attached hydrogen (secondary N) is 1. The van der Waals surface area contributed by atoms with Gasteiger partial charge in [0.15, 0.2) is 0 Å². The molecule has 23 heavy (non-hydrogen) atoms. The molecule has 1 amide bonds. The molecule has 0 aliphatic carbocycles. The van der Waals surface area contributed by atoms with Gasteiger partial charge in [0.05, 0.1) is 5.69 Å². The van der Waals surface area contributed by atoms with Crippen molar-refractivity contribution < 1.29 is 9.90 Å². The first-order chi connectivity index (χ1) is 11.1. The smallest absolute Gasteiger partial charge is 0.255 e. The van der Waals surface area contributed by atoms with Crippen molar-refractivity contribution in [2.24, 2.45) is 0 Å². The standard InChI is InChI=1S/C19H16N2O2/c20-16-11-9-14(10-12-16)13-5-7-15(8-6-13)19(23)21-17-3-1-2-4-18(17)22/h1-12,22H,20H2,(H,21,23). The second kappa shape index (κ2) is 6.23. The average molecular weight is 304 g/mol. The molecular weight excluding hydrogens is 288 g/mol. The summed E-state index contributed by atoms with van der Waals surface area (Å²) in [5, 5.41) is 12.4. The summed E-state index contributed by atoms with van der Waals surface area (Å²) in [6.45, 7) is 0. The van der Waals surface area contributed by atoms with Crippen molar-refractivity contribution in [3.8, 4) is 16.9 Å². The second-order valence-corrected chi connectivity index (χ2v) is 5.17. The second-order valence-electron chi connectivity index (χ2n) is 5.17. The minimum Gasteiger partial charge on any atom is -0.506 e. The fraction of sp³-hybridized carbons (Fsp3) is 0. The Labute approximate surface area is 134 Å². The lowest BCUT2D eigenvalue weighted by Gasteiger charge is -2.08. The van der Waals surface area contributed by atoms with Gasteiger partial charge in [-0.3, -0.25) is 4.79 Å². The summed E-state index contributed by atoms with van der Waals surface area (Å²) in [5.41, 5.74) is 9.34. The number of hydrogen-bond acceptors (Lipinski definition) is 3. The molecule has 0 spiro atoms. The van der Waals surface area contributed by atoms with Crippen molar-refractivity contribution in [3.63, 3.8) is 0 Å². The minimum absolute atomic E-state index is 0.0411. The van der Waals surface area contributed by atoms with Gasteiger partial charge in [-0.25, -0.2) is 0 Å². The first-order valence-electron chi connectivity index (χ1n) is 7.19. The van der Waals surface area contributed by atoms with Gasteiger partial charge in [0.2, 0.25) is 0 Å². The third kappa shape index (κ3) is 3.32. The largest absolute Gasteiger partial charge is 0.506 e. The summed E-state index contributed by atoms with van der Waals surface area (Å²) < 4.78 is 0. The highest BCUT2D eigenvalue weighted by molar-refractivity contribution is 6.05. The molecule has 0 unspecified atom stereocenters. The van der Waals surface area contributed by atoms with Crippen LogP contribution < -0.4 is 11.1 Å². The highest BCUT2D eigenvalue weighted by atomic mass is 16.3. The third-order valence-electron chi connectivity index (χ3n) is 3.54. The van der Waals surface area contributed by atoms with E-state index in [-0.39, 0.29) is 11.7 Å². The maximum Gasteiger partial charge on any atom is 0.255 e. The Balaban J connectivity index is 1.78. The Bertz CT molecular complexity index is 825. The van der Waals surface area contributed by atoms with Crippen LogP contribution in [0.4, 0.5) is 11.4 Å². The highest BCUT2D eigenvalue weighted by Gasteiger charge is 2.08. The molecule has 0 fully saturated rings. The molecule has 3 rings (SSSR count). The monoisotopic (exact) mass is 304 g/mol. The van der Waals surface area contributed by atoms with Gasteiger partial charge >= 0.3 is 0 Å². The first-order valence-corrected chi connectivity index (χ1v) is 7.19. The van der Waals surface area contributed by atoms with Gasteiger partial charge in [-0.05, 0) is 47.5 Å². The molecule has 3 aromatic carbocycles. The number of phenolic OH excluding ortho intramolecular Hbond substituents is 1. The molecule has 4 nitrogen and oxygen atoms in total. The Morgan fingerprint density at radius 1 is 0.826 bits per heavy atom. The van der Waals surface area contributed by atoms with Crippen molar-refractivity contribution in [2.45, 2.75) is 0 Å². The molecule has 114 valence electrons. The Hall–Kier alpha value is -3.27. The first kappa shape index (κ1) is 14.7. The molecule has 0 aliphatic rings. The summed E-state index contributed by atoms with van der Waals surface area (Å²) in [4.78, 5) is 12.2. The van der Waals surface area contributed by atoms with E-state index in [1.165, 1.54) is 6.07 Å². The highest BCUT2D eigenvalue weighted by Crippen LogP contribution is 2.24. The Morgan fingerprint density at radius 2 is 1.39 bits per heavy atom. The number of anilines is 2. The van der Waals surface area contributed by atoms with Crippen LogP contribution in [0.25, 0.3) is 11.1 Å². The Morgan fingerprint density at radius 3 is 2.00 bits per heavy atom. The van der Waals surface area contributed by atoms with E-state index in [4.69, 9.17) is 5.73 Å². The molecule has 3 aromatic rings. The number of nitrogen functional groups attached to an aromatic ring is 1. The van der Waals surface area contributed by atoms with Gasteiger partial charge in [0.25, 0.3) is 5.91 Å². The van der Waals surface area contributed by atoms with Crippen molar-refractivity contribution in [2.75, 3.05) is 11.1 Å². The van der Waals surface area contributed by atoms with E-state index in [9.17, 15) is 9.90 Å². The number of nitrogens with two attached hydrogens (primary N) is 1. The number of benzene rings is 3. The van der Waals surface area contributed by atoms with E-state index >= 15 is 0 Å². The molecule has 0 saturated carbocycles. The van der Waals surface area contributed by atoms with Gasteiger partial charge in [-0.15, -0.1) is 0 Å². The number of carbonyl (C=O) groups excluding carboxylic acids is 1. The predicted octanol–water partition coefficient (Wildman–Crippen LogP) is 3.89. The number of carbonyl (C=O) groups is 1. The van der Waals surface area contributed by atoms with Crippen LogP contribution >= 0.6 is 0 Å². The minimum atomic E-state index is -0.268. The number of hydrogen-bond donors (Lipinski definition) is 3. The fourth-order valence-electron chi connectivity index (χ4n) is 2.26. The van der Waals surface area contributed by atoms with Crippen molar-refractivity contribution >= 4 is 17.3 Å². The summed E-state index contributed by atoms with van der Waals surface area (Å²) in [6.07, 6.45) is 0. The number of aromatic hydroxyl groups is 1. The molecule has 0 atom stereocenters. The Kier molecular flexibility index (Phi) is 3.97. The van der Waals surface area contributed by atoms with Crippen LogP contribution in [0.5, 0.6) is 5.75 Å². The molecule has 0 heterocycles. The van der Waals surface area contributed by atoms with Crippen molar-refractivity contribution in [3.05, 3.63) is 78.4 Å². The molecule has 0 aromatic heterocycles. The summed E-state index contributed by atoms with van der Waals surface area (Å²) in [6, 6.07) is 21.4. The molecule has 0 radical (unpaired) electrons. The number of phenols is 1. The van der Waals surface area contributed by atoms with Crippen LogP contribution in [-0.4, -0.2) is 11.0 Å². The molecule has 4 N–H and O–H groups in total. The molecule has 4 heteroatoms. The third-order valence-corrected chi connectivity index (χ3v) is 3.54. The number of rotatable bonds is 3. The lowest BCUT2D eigenvalue weighted by Crippen LogP contribution is -2.11. The zero-order valence-corrected chi connectivity index (χ0v) is 12.4. The van der Waals surface area contributed by atoms with Crippen molar-refractivity contribution in [1.29, 1.82) is 0 Å². The molecule has 0 bridgehead atoms. The maximum absolute atomic E-state index is 12.2. The zero-order valence-electron chi connectivity index (χ0n) is 12.4. The van der Waals surface area contributed by atoms with Gasteiger partial charge in [-0.2, -0.15) is 0 Å². The molecule has 0 saturated heterocycles. The lowest BCUT2D eigenvalue weighted by atomic mass is 10.0. The maximum atomic E-state index is 12.2. The normalized spacial score (nSPS) is 10.3. The van der Waals surface area contributed by atoms with Gasteiger partial charge in [0, 0.05) is 11.3 Å². The van der Waals surface area contributed by atoms with Crippen LogP contribution in [0.15, 0.2) is 72.8 Å². The fourth-order valence-corrected chi connectivity index (χ4v) is 2.26. The zero-order chi connectivity index (χ0) is 16.2. The van der Waals surface area contributed by atoms with E-state index in [1.807, 2.05) is 36.4 Å². The average Bonchev–Trinajstić information content (AvgIpc) is 2.58. The van der Waals surface area contributed by atoms with Crippen LogP contribution in [0.3, 0.4) is 0 Å². The molecule has 0 aliphatic heterocycles. The lowest BCUT2D eigenvalue weighted by molar-refractivity contribution is 0.102. The topological polar surface area (TPSA) is 75.4 Å². The van der Waals surface area contributed by atoms with Crippen molar-refractivity contribution in [1.82, 2.24) is 0 Å². The van der Waals surface area contributed by atoms with Gasteiger partial charge < -0.3 is 16.2 Å². The summed E-state index contributed by atoms with van der Waals surface area (Å²) >= 11 is 0. The van der Waals surface area contributed by atoms with Gasteiger partial charge in [0.1, 0.15) is 5.75 Å². The van der Waals surface area contributed by atoms with Crippen LogP contribution in [-0.2, 0) is 0 Å². The number of amides is 1. The summed E-state index contributed by atoms with van der Waals surface area (Å²) in [5.74, 6) is -0.227. The van der Waals surface area contributed by atoms with Crippen LogP contribution in [0, 0.1) is 0 Å². The quantitative estimate of drug-likeness (QED) is 0.507. The number of para-hydroxylation sites is 2. The molecular formula is C19H16N2O2.